The summed E-state index contributed by atoms with van der Waals surface area (Å²) in [5.74, 6) is 0.634. The van der Waals surface area contributed by atoms with Gasteiger partial charge >= 0.3 is 0 Å². The lowest BCUT2D eigenvalue weighted by atomic mass is 10.2. The minimum atomic E-state index is 0.634. The molecule has 94 valence electrons. The van der Waals surface area contributed by atoms with Crippen molar-refractivity contribution in [3.05, 3.63) is 54.4 Å². The van der Waals surface area contributed by atoms with Crippen molar-refractivity contribution in [3.63, 3.8) is 0 Å². The largest absolute Gasteiger partial charge is 0.323 e. The van der Waals surface area contributed by atoms with Gasteiger partial charge in [0.25, 0.3) is 0 Å². The zero-order valence-electron chi connectivity index (χ0n) is 10.5. The van der Waals surface area contributed by atoms with Crippen molar-refractivity contribution in [2.45, 2.75) is 6.92 Å². The molecule has 0 saturated carbocycles. The van der Waals surface area contributed by atoms with Crippen molar-refractivity contribution < 1.29 is 0 Å². The third kappa shape index (κ3) is 2.44. The number of nitrogens with one attached hydrogen (secondary N) is 2. The van der Waals surface area contributed by atoms with Crippen LogP contribution in [0.3, 0.4) is 0 Å². The van der Waals surface area contributed by atoms with Gasteiger partial charge in [0.05, 0.1) is 16.7 Å². The van der Waals surface area contributed by atoms with Crippen LogP contribution in [-0.2, 0) is 0 Å². The molecular formula is C14H13N5. The fourth-order valence-electron chi connectivity index (χ4n) is 1.80. The van der Waals surface area contributed by atoms with Crippen LogP contribution in [0.15, 0.2) is 53.9 Å². The molecule has 0 spiro atoms. The van der Waals surface area contributed by atoms with E-state index in [1.165, 1.54) is 0 Å². The Morgan fingerprint density at radius 1 is 1.16 bits per heavy atom. The Labute approximate surface area is 110 Å². The number of hydrazone groups is 1. The molecule has 0 atom stereocenters. The number of hydrogen-bond acceptors (Lipinski definition) is 4. The summed E-state index contributed by atoms with van der Waals surface area (Å²) >= 11 is 0. The van der Waals surface area contributed by atoms with Gasteiger partial charge in [0.2, 0.25) is 5.95 Å². The number of anilines is 1. The molecule has 3 rings (SSSR count). The Bertz CT molecular complexity index is 682. The number of benzene rings is 1. The monoisotopic (exact) mass is 251 g/mol. The van der Waals surface area contributed by atoms with Crippen LogP contribution in [-0.4, -0.2) is 20.7 Å². The summed E-state index contributed by atoms with van der Waals surface area (Å²) < 4.78 is 0. The maximum absolute atomic E-state index is 4.39. The average Bonchev–Trinajstić information content (AvgIpc) is 2.88. The molecule has 5 heteroatoms. The summed E-state index contributed by atoms with van der Waals surface area (Å²) in [4.78, 5) is 11.5. The number of imidazole rings is 1. The van der Waals surface area contributed by atoms with E-state index in [0.717, 1.165) is 22.3 Å². The van der Waals surface area contributed by atoms with Crippen LogP contribution in [0.1, 0.15) is 12.5 Å². The zero-order chi connectivity index (χ0) is 13.1. The molecule has 0 aliphatic rings. The number of para-hydroxylation sites is 2. The van der Waals surface area contributed by atoms with Crippen molar-refractivity contribution in [1.29, 1.82) is 0 Å². The molecule has 19 heavy (non-hydrogen) atoms. The van der Waals surface area contributed by atoms with E-state index < -0.39 is 0 Å². The predicted molar refractivity (Wildman–Crippen MR) is 76.2 cm³/mol. The predicted octanol–water partition coefficient (Wildman–Crippen LogP) is 2.79. The first-order valence-electron chi connectivity index (χ1n) is 5.98. The van der Waals surface area contributed by atoms with Gasteiger partial charge in [-0.15, -0.1) is 0 Å². The summed E-state index contributed by atoms with van der Waals surface area (Å²) in [6, 6.07) is 11.7. The second kappa shape index (κ2) is 4.89. The molecule has 0 aliphatic carbocycles. The Morgan fingerprint density at radius 2 is 1.95 bits per heavy atom. The summed E-state index contributed by atoms with van der Waals surface area (Å²) in [6.07, 6.45) is 3.49. The van der Waals surface area contributed by atoms with Crippen LogP contribution in [0.2, 0.25) is 0 Å². The first-order chi connectivity index (χ1) is 9.33. The average molecular weight is 251 g/mol. The number of hydrogen-bond donors (Lipinski definition) is 2. The molecule has 2 aromatic heterocycles. The maximum atomic E-state index is 4.39. The number of aromatic nitrogens is 3. The molecule has 0 amide bonds. The lowest BCUT2D eigenvalue weighted by Crippen LogP contribution is -2.00. The third-order valence-corrected chi connectivity index (χ3v) is 2.82. The number of nitrogens with zero attached hydrogens (tertiary/aromatic N) is 3. The Morgan fingerprint density at radius 3 is 2.74 bits per heavy atom. The van der Waals surface area contributed by atoms with Gasteiger partial charge in [0.1, 0.15) is 0 Å². The second-order valence-electron chi connectivity index (χ2n) is 4.15. The lowest BCUT2D eigenvalue weighted by molar-refractivity contribution is 1.20. The Hall–Kier alpha value is -2.69. The third-order valence-electron chi connectivity index (χ3n) is 2.82. The van der Waals surface area contributed by atoms with Crippen molar-refractivity contribution in [3.8, 4) is 0 Å². The highest BCUT2D eigenvalue weighted by atomic mass is 15.4. The summed E-state index contributed by atoms with van der Waals surface area (Å²) in [5, 5.41) is 4.31. The van der Waals surface area contributed by atoms with E-state index in [9.17, 15) is 0 Å². The molecule has 3 aromatic rings. The number of rotatable bonds is 3. The normalized spacial score (nSPS) is 11.7. The number of pyridine rings is 1. The van der Waals surface area contributed by atoms with Crippen molar-refractivity contribution in [1.82, 2.24) is 15.0 Å². The Kier molecular flexibility index (Phi) is 2.94. The van der Waals surface area contributed by atoms with Crippen LogP contribution in [0.25, 0.3) is 11.0 Å². The molecule has 2 N–H and O–H groups in total. The van der Waals surface area contributed by atoms with E-state index in [1.54, 1.807) is 12.4 Å². The topological polar surface area (TPSA) is 66.0 Å². The van der Waals surface area contributed by atoms with Crippen molar-refractivity contribution in [2.24, 2.45) is 5.10 Å². The van der Waals surface area contributed by atoms with E-state index in [1.807, 2.05) is 43.3 Å². The summed E-state index contributed by atoms with van der Waals surface area (Å²) in [7, 11) is 0. The first-order valence-corrected chi connectivity index (χ1v) is 5.98. The summed E-state index contributed by atoms with van der Waals surface area (Å²) in [5.41, 5.74) is 6.74. The van der Waals surface area contributed by atoms with Gasteiger partial charge in [-0.1, -0.05) is 12.1 Å². The van der Waals surface area contributed by atoms with E-state index in [0.29, 0.717) is 5.95 Å². The standard InChI is InChI=1S/C14H13N5/c1-10(11-6-8-15-9-7-11)18-19-14-16-12-4-2-3-5-13(12)17-14/h2-9H,1H3,(H2,16,17,19)/b18-10-. The van der Waals surface area contributed by atoms with Gasteiger partial charge in [0.15, 0.2) is 0 Å². The van der Waals surface area contributed by atoms with Gasteiger partial charge in [-0.2, -0.15) is 5.10 Å². The van der Waals surface area contributed by atoms with Gasteiger partial charge in [-0.05, 0) is 31.2 Å². The highest BCUT2D eigenvalue weighted by molar-refractivity contribution is 5.98. The highest BCUT2D eigenvalue weighted by Crippen LogP contribution is 2.13. The van der Waals surface area contributed by atoms with Gasteiger partial charge < -0.3 is 4.98 Å². The van der Waals surface area contributed by atoms with Crippen LogP contribution < -0.4 is 5.43 Å². The number of fused-ring (bicyclic) bond motifs is 1. The van der Waals surface area contributed by atoms with Crippen LogP contribution in [0, 0.1) is 0 Å². The molecule has 0 saturated heterocycles. The highest BCUT2D eigenvalue weighted by Gasteiger charge is 2.01. The van der Waals surface area contributed by atoms with E-state index in [2.05, 4.69) is 25.5 Å². The smallest absolute Gasteiger partial charge is 0.222 e. The van der Waals surface area contributed by atoms with Crippen LogP contribution >= 0.6 is 0 Å². The van der Waals surface area contributed by atoms with Gasteiger partial charge in [0, 0.05) is 18.0 Å². The van der Waals surface area contributed by atoms with Crippen LogP contribution in [0.4, 0.5) is 5.95 Å². The molecule has 1 aromatic carbocycles. The fraction of sp³-hybridized carbons (Fsp3) is 0.0714. The second-order valence-corrected chi connectivity index (χ2v) is 4.15. The van der Waals surface area contributed by atoms with E-state index in [4.69, 9.17) is 0 Å². The zero-order valence-corrected chi connectivity index (χ0v) is 10.5. The van der Waals surface area contributed by atoms with Crippen LogP contribution in [0.5, 0.6) is 0 Å². The maximum Gasteiger partial charge on any atom is 0.222 e. The molecule has 2 heterocycles. The number of H-pyrrole nitrogens is 1. The molecule has 0 aliphatic heterocycles. The van der Waals surface area contributed by atoms with Gasteiger partial charge in [-0.3, -0.25) is 4.98 Å². The molecule has 0 bridgehead atoms. The van der Waals surface area contributed by atoms with Crippen molar-refractivity contribution >= 4 is 22.7 Å². The minimum Gasteiger partial charge on any atom is -0.323 e. The first kappa shape index (κ1) is 11.4. The minimum absolute atomic E-state index is 0.634. The SMILES string of the molecule is C/C(=N/Nc1nc2ccccc2[nH]1)c1ccncc1. The Balaban J connectivity index is 1.82. The molecule has 0 radical (unpaired) electrons. The van der Waals surface area contributed by atoms with E-state index in [-0.39, 0.29) is 0 Å². The molecule has 0 unspecified atom stereocenters. The quantitative estimate of drug-likeness (QED) is 0.555. The molecular weight excluding hydrogens is 238 g/mol. The molecule has 5 nitrogen and oxygen atoms in total. The van der Waals surface area contributed by atoms with E-state index >= 15 is 0 Å². The fourth-order valence-corrected chi connectivity index (χ4v) is 1.80. The number of aromatic amines is 1. The lowest BCUT2D eigenvalue weighted by Gasteiger charge is -2.00. The van der Waals surface area contributed by atoms with Crippen molar-refractivity contribution in [2.75, 3.05) is 5.43 Å². The molecule has 0 fully saturated rings. The summed E-state index contributed by atoms with van der Waals surface area (Å²) in [6.45, 7) is 1.94. The van der Waals surface area contributed by atoms with Gasteiger partial charge in [-0.25, -0.2) is 10.4 Å².